The molecule has 11 nitrogen and oxygen atoms in total. The summed E-state index contributed by atoms with van der Waals surface area (Å²) in [7, 11) is 0. The molecule has 0 aliphatic carbocycles. The molecule has 0 saturated heterocycles. The topological polar surface area (TPSA) is 152 Å². The van der Waals surface area contributed by atoms with Gasteiger partial charge in [0.05, 0.1) is 5.54 Å². The highest BCUT2D eigenvalue weighted by Crippen LogP contribution is 2.20. The lowest BCUT2D eigenvalue weighted by Gasteiger charge is -2.27. The maximum Gasteiger partial charge on any atom is 0.309 e. The number of hydrogen-bond acceptors (Lipinski definition) is 8. The first-order chi connectivity index (χ1) is 16.2. The van der Waals surface area contributed by atoms with E-state index in [1.54, 1.807) is 0 Å². The molecule has 2 amide bonds. The van der Waals surface area contributed by atoms with Crippen LogP contribution in [0.4, 0.5) is 4.39 Å². The van der Waals surface area contributed by atoms with Crippen LogP contribution in [0.3, 0.4) is 0 Å². The standard InChI is InChI=1S/C20H21FN6O5/c1-10-25-26-17(32-10)16(30)24-20(2,3)19-23-13(14(28)18(31)27(19)4)15(29)22-9-11-5-7-12(21)8-6-11/h5-8,28H,9H2,1-4H3,(H,22,29)(H,24,30)/i4+1D3. The molecule has 2 heterocycles. The van der Waals surface area contributed by atoms with E-state index in [1.165, 1.54) is 45.0 Å². The Kier molecular flexibility index (Phi) is 5.00. The molecular weight excluding hydrogens is 424 g/mol. The summed E-state index contributed by atoms with van der Waals surface area (Å²) in [5.74, 6) is -4.43. The summed E-state index contributed by atoms with van der Waals surface area (Å²) in [6.45, 7) is 0.891. The maximum absolute atomic E-state index is 13.1. The van der Waals surface area contributed by atoms with Crippen molar-refractivity contribution >= 4 is 11.8 Å². The van der Waals surface area contributed by atoms with E-state index in [-0.39, 0.29) is 17.0 Å². The molecule has 168 valence electrons. The maximum atomic E-state index is 13.1. The summed E-state index contributed by atoms with van der Waals surface area (Å²) in [5, 5.41) is 22.3. The van der Waals surface area contributed by atoms with Crippen molar-refractivity contribution < 1.29 is 27.6 Å². The molecule has 1 aromatic carbocycles. The highest BCUT2D eigenvalue weighted by atomic mass is 19.1. The minimum Gasteiger partial charge on any atom is -0.501 e. The Bertz CT molecular complexity index is 1330. The van der Waals surface area contributed by atoms with E-state index < -0.39 is 58.9 Å². The van der Waals surface area contributed by atoms with Crippen LogP contribution in [-0.2, 0) is 19.1 Å². The fourth-order valence-corrected chi connectivity index (χ4v) is 2.74. The van der Waals surface area contributed by atoms with Crippen LogP contribution in [0.1, 0.15) is 56.4 Å². The van der Waals surface area contributed by atoms with Crippen molar-refractivity contribution in [3.8, 4) is 5.75 Å². The molecule has 2 aromatic heterocycles. The summed E-state index contributed by atoms with van der Waals surface area (Å²) in [4.78, 5) is 42.0. The average molecular weight is 448 g/mol. The number of benzene rings is 1. The van der Waals surface area contributed by atoms with Crippen molar-refractivity contribution in [3.63, 3.8) is 0 Å². The molecule has 3 N–H and O–H groups in total. The quantitative estimate of drug-likeness (QED) is 0.471. The number of hydrogen-bond donors (Lipinski definition) is 3. The molecule has 0 spiro atoms. The highest BCUT2D eigenvalue weighted by molar-refractivity contribution is 5.94. The SMILES string of the molecule is [2H][13C]([2H])([2H])n1c(C(C)(C)NC(=O)c2nnc(C)o2)nc(C(=O)NCc2ccc(F)cc2)c(O)c1=O. The minimum atomic E-state index is -3.12. The number of nitrogens with one attached hydrogen (secondary N) is 2. The number of aromatic nitrogens is 4. The molecule has 12 heteroatoms. The predicted molar refractivity (Wildman–Crippen MR) is 108 cm³/mol. The van der Waals surface area contributed by atoms with Gasteiger partial charge in [-0.1, -0.05) is 12.1 Å². The molecule has 32 heavy (non-hydrogen) atoms. The number of halogens is 1. The van der Waals surface area contributed by atoms with Crippen molar-refractivity contribution in [1.82, 2.24) is 30.4 Å². The first kappa shape index (κ1) is 18.7. The molecule has 0 unspecified atom stereocenters. The van der Waals surface area contributed by atoms with Crippen LogP contribution in [0.5, 0.6) is 5.75 Å². The van der Waals surface area contributed by atoms with Gasteiger partial charge in [-0.15, -0.1) is 10.2 Å². The second kappa shape index (κ2) is 8.57. The first-order valence-electron chi connectivity index (χ1n) is 10.7. The number of aryl methyl sites for hydroxylation is 1. The van der Waals surface area contributed by atoms with Crippen molar-refractivity contribution in [1.29, 1.82) is 0 Å². The summed E-state index contributed by atoms with van der Waals surface area (Å²) in [6, 6.07) is 5.20. The number of carbonyl (C=O) groups excluding carboxylic acids is 2. The van der Waals surface area contributed by atoms with Gasteiger partial charge in [0.1, 0.15) is 11.6 Å². The summed E-state index contributed by atoms with van der Waals surface area (Å²) >= 11 is 0. The van der Waals surface area contributed by atoms with Gasteiger partial charge in [0.2, 0.25) is 11.6 Å². The van der Waals surface area contributed by atoms with Crippen molar-refractivity contribution in [2.75, 3.05) is 0 Å². The van der Waals surface area contributed by atoms with Gasteiger partial charge in [-0.25, -0.2) is 9.37 Å². The van der Waals surface area contributed by atoms with Gasteiger partial charge in [-0.05, 0) is 31.5 Å². The zero-order valence-electron chi connectivity index (χ0n) is 20.3. The van der Waals surface area contributed by atoms with E-state index in [4.69, 9.17) is 8.53 Å². The zero-order valence-corrected chi connectivity index (χ0v) is 17.3. The van der Waals surface area contributed by atoms with E-state index in [0.717, 1.165) is 0 Å². The van der Waals surface area contributed by atoms with Gasteiger partial charge < -0.3 is 20.2 Å². The Morgan fingerprint density at radius 1 is 1.25 bits per heavy atom. The van der Waals surface area contributed by atoms with Gasteiger partial charge in [0, 0.05) is 24.6 Å². The van der Waals surface area contributed by atoms with E-state index in [9.17, 15) is 23.9 Å². The van der Waals surface area contributed by atoms with Crippen molar-refractivity contribution in [2.24, 2.45) is 6.98 Å². The molecule has 0 atom stereocenters. The van der Waals surface area contributed by atoms with Gasteiger partial charge in [0.15, 0.2) is 5.69 Å². The molecular formula is C20H21FN6O5. The van der Waals surface area contributed by atoms with Gasteiger partial charge in [-0.3, -0.25) is 19.0 Å². The number of aromatic hydroxyl groups is 1. The third kappa shape index (κ3) is 4.63. The van der Waals surface area contributed by atoms with Crippen LogP contribution in [0, 0.1) is 12.7 Å². The highest BCUT2D eigenvalue weighted by Gasteiger charge is 2.32. The number of nitrogens with zero attached hydrogens (tertiary/aromatic N) is 4. The second-order valence-electron chi connectivity index (χ2n) is 7.29. The van der Waals surface area contributed by atoms with E-state index in [0.29, 0.717) is 5.56 Å². The third-order valence-electron chi connectivity index (χ3n) is 4.35. The van der Waals surface area contributed by atoms with Crippen LogP contribution < -0.4 is 16.2 Å². The van der Waals surface area contributed by atoms with Crippen molar-refractivity contribution in [2.45, 2.75) is 32.9 Å². The first-order valence-corrected chi connectivity index (χ1v) is 9.23. The molecule has 0 fully saturated rings. The number of amides is 2. The second-order valence-corrected chi connectivity index (χ2v) is 7.29. The van der Waals surface area contributed by atoms with Crippen LogP contribution in [-0.4, -0.2) is 36.7 Å². The predicted octanol–water partition coefficient (Wildman–Crippen LogP) is 0.912. The monoisotopic (exact) mass is 448 g/mol. The average Bonchev–Trinajstić information content (AvgIpc) is 3.20. The minimum absolute atomic E-state index is 0.103. The van der Waals surface area contributed by atoms with Gasteiger partial charge >= 0.3 is 11.8 Å². The smallest absolute Gasteiger partial charge is 0.309 e. The lowest BCUT2D eigenvalue weighted by molar-refractivity contribution is 0.0869. The number of rotatable bonds is 6. The zero-order chi connectivity index (χ0) is 26.1. The largest absolute Gasteiger partial charge is 0.501 e. The Morgan fingerprint density at radius 2 is 1.94 bits per heavy atom. The van der Waals surface area contributed by atoms with Crippen LogP contribution >= 0.6 is 0 Å². The summed E-state index contributed by atoms with van der Waals surface area (Å²) in [6.07, 6.45) is 0. The van der Waals surface area contributed by atoms with Gasteiger partial charge in [0.25, 0.3) is 11.5 Å². The van der Waals surface area contributed by atoms with Crippen molar-refractivity contribution in [3.05, 3.63) is 69.3 Å². The lowest BCUT2D eigenvalue weighted by atomic mass is 10.0. The molecule has 3 rings (SSSR count). The molecule has 0 aliphatic rings. The van der Waals surface area contributed by atoms with Crippen LogP contribution in [0.25, 0.3) is 0 Å². The third-order valence-corrected chi connectivity index (χ3v) is 4.35. The lowest BCUT2D eigenvalue weighted by Crippen LogP contribution is -2.46. The molecule has 0 aliphatic heterocycles. The van der Waals surface area contributed by atoms with Gasteiger partial charge in [-0.2, -0.15) is 0 Å². The Balaban J connectivity index is 2.01. The van der Waals surface area contributed by atoms with Crippen LogP contribution in [0.15, 0.2) is 33.5 Å². The molecule has 3 aromatic rings. The van der Waals surface area contributed by atoms with E-state index in [1.807, 2.05) is 0 Å². The Hall–Kier alpha value is -4.09. The van der Waals surface area contributed by atoms with Crippen LogP contribution in [0.2, 0.25) is 0 Å². The molecule has 0 saturated carbocycles. The Morgan fingerprint density at radius 3 is 2.53 bits per heavy atom. The van der Waals surface area contributed by atoms with E-state index >= 15 is 0 Å². The fraction of sp³-hybridized carbons (Fsp3) is 0.300. The molecule has 0 bridgehead atoms. The summed E-state index contributed by atoms with van der Waals surface area (Å²) in [5.41, 5.74) is -3.34. The summed E-state index contributed by atoms with van der Waals surface area (Å²) < 4.78 is 41.5. The van der Waals surface area contributed by atoms with E-state index in [2.05, 4.69) is 25.8 Å². The fourth-order valence-electron chi connectivity index (χ4n) is 2.74. The molecule has 0 radical (unpaired) electrons. The number of carbonyl (C=O) groups is 2. The Labute approximate surface area is 185 Å². The normalized spacial score (nSPS) is 13.1.